The highest BCUT2D eigenvalue weighted by Gasteiger charge is 2.60. The van der Waals surface area contributed by atoms with Gasteiger partial charge >= 0.3 is 17.9 Å². The second-order valence-corrected chi connectivity index (χ2v) is 8.22. The van der Waals surface area contributed by atoms with E-state index < -0.39 is 34.8 Å². The molecule has 0 radical (unpaired) electrons. The number of ether oxygens (including phenoxy) is 2. The van der Waals surface area contributed by atoms with Crippen molar-refractivity contribution >= 4 is 17.9 Å². The summed E-state index contributed by atoms with van der Waals surface area (Å²) in [6, 6.07) is 8.66. The van der Waals surface area contributed by atoms with E-state index in [1.165, 1.54) is 7.11 Å². The van der Waals surface area contributed by atoms with Crippen molar-refractivity contribution in [1.29, 1.82) is 0 Å². The van der Waals surface area contributed by atoms with Crippen LogP contribution >= 0.6 is 0 Å². The molecule has 1 aliphatic rings. The van der Waals surface area contributed by atoms with Crippen LogP contribution in [0.15, 0.2) is 41.6 Å². The Morgan fingerprint density at radius 2 is 1.79 bits per heavy atom. The van der Waals surface area contributed by atoms with E-state index in [1.807, 2.05) is 51.1 Å². The zero-order chi connectivity index (χ0) is 21.8. The number of rotatable bonds is 7. The zero-order valence-corrected chi connectivity index (χ0v) is 17.6. The summed E-state index contributed by atoms with van der Waals surface area (Å²) in [6.45, 7) is 7.25. The number of carbonyl (C=O) groups excluding carboxylic acids is 2. The fraction of sp³-hybridized carbons (Fsp3) is 0.500. The fourth-order valence-corrected chi connectivity index (χ4v) is 4.24. The van der Waals surface area contributed by atoms with Crippen molar-refractivity contribution in [2.45, 2.75) is 53.2 Å². The van der Waals surface area contributed by atoms with Crippen LogP contribution in [0.1, 0.15) is 46.1 Å². The van der Waals surface area contributed by atoms with Crippen molar-refractivity contribution in [1.82, 2.24) is 5.32 Å². The van der Waals surface area contributed by atoms with Crippen molar-refractivity contribution in [3.63, 3.8) is 0 Å². The Morgan fingerprint density at radius 3 is 2.31 bits per heavy atom. The van der Waals surface area contributed by atoms with Crippen molar-refractivity contribution in [2.24, 2.45) is 10.8 Å². The van der Waals surface area contributed by atoms with E-state index in [4.69, 9.17) is 9.47 Å². The highest BCUT2D eigenvalue weighted by atomic mass is 16.5. The number of benzene rings is 1. The highest BCUT2D eigenvalue weighted by Crippen LogP contribution is 2.53. The average Bonchev–Trinajstić information content (AvgIpc) is 2.98. The Balaban J connectivity index is 2.44. The molecule has 7 heteroatoms. The van der Waals surface area contributed by atoms with Crippen molar-refractivity contribution < 1.29 is 29.0 Å². The van der Waals surface area contributed by atoms with Crippen molar-refractivity contribution in [2.75, 3.05) is 7.11 Å². The molecule has 2 N–H and O–H groups in total. The Bertz CT molecular complexity index is 808. The minimum Gasteiger partial charge on any atom is -0.481 e. The number of esters is 2. The predicted octanol–water partition coefficient (Wildman–Crippen LogP) is 3.05. The number of carbonyl (C=O) groups is 3. The minimum atomic E-state index is -1.37. The van der Waals surface area contributed by atoms with Gasteiger partial charge in [-0.3, -0.25) is 9.59 Å². The molecule has 0 amide bonds. The Morgan fingerprint density at radius 1 is 1.17 bits per heavy atom. The lowest BCUT2D eigenvalue weighted by atomic mass is 9.59. The summed E-state index contributed by atoms with van der Waals surface area (Å²) in [5.74, 6) is -2.15. The van der Waals surface area contributed by atoms with E-state index in [9.17, 15) is 19.5 Å². The third-order valence-corrected chi connectivity index (χ3v) is 5.53. The number of aliphatic carboxylic acids is 1. The summed E-state index contributed by atoms with van der Waals surface area (Å²) in [5, 5.41) is 13.3. The summed E-state index contributed by atoms with van der Waals surface area (Å²) in [7, 11) is 1.27. The third kappa shape index (κ3) is 4.28. The topological polar surface area (TPSA) is 102 Å². The molecule has 0 saturated heterocycles. The van der Waals surface area contributed by atoms with Crippen LogP contribution < -0.4 is 5.32 Å². The second kappa shape index (κ2) is 8.68. The van der Waals surface area contributed by atoms with Gasteiger partial charge in [-0.2, -0.15) is 0 Å². The van der Waals surface area contributed by atoms with Crippen molar-refractivity contribution in [3.8, 4) is 0 Å². The molecule has 0 aromatic heterocycles. The van der Waals surface area contributed by atoms with Gasteiger partial charge in [0.25, 0.3) is 0 Å². The first-order valence-electron chi connectivity index (χ1n) is 9.57. The third-order valence-electron chi connectivity index (χ3n) is 5.53. The van der Waals surface area contributed by atoms with Crippen molar-refractivity contribution in [3.05, 3.63) is 47.2 Å². The van der Waals surface area contributed by atoms with Crippen LogP contribution in [0.25, 0.3) is 0 Å². The van der Waals surface area contributed by atoms with Crippen LogP contribution in [0.4, 0.5) is 0 Å². The zero-order valence-electron chi connectivity index (χ0n) is 17.6. The van der Waals surface area contributed by atoms with Gasteiger partial charge in [-0.15, -0.1) is 0 Å². The summed E-state index contributed by atoms with van der Waals surface area (Å²) in [4.78, 5) is 37.1. The SMILES string of the molecule is COC(=O)CCC1=C(C(=O)OCc2ccccc2)N[C@H](C)[C@]1(C(=O)O)C(C)(C)C. The van der Waals surface area contributed by atoms with Crippen LogP contribution in [0, 0.1) is 10.8 Å². The molecule has 1 aromatic carbocycles. The maximum Gasteiger partial charge on any atom is 0.354 e. The molecular weight excluding hydrogens is 374 g/mol. The molecule has 7 nitrogen and oxygen atoms in total. The molecule has 0 aliphatic carbocycles. The quantitative estimate of drug-likeness (QED) is 0.675. The van der Waals surface area contributed by atoms with Gasteiger partial charge in [-0.1, -0.05) is 51.1 Å². The van der Waals surface area contributed by atoms with Crippen LogP contribution in [0.2, 0.25) is 0 Å². The van der Waals surface area contributed by atoms with Crippen LogP contribution in [0.3, 0.4) is 0 Å². The number of carboxylic acid groups (broad SMARTS) is 1. The average molecular weight is 403 g/mol. The lowest BCUT2D eigenvalue weighted by Gasteiger charge is -2.43. The van der Waals surface area contributed by atoms with Gasteiger partial charge in [0.1, 0.15) is 17.7 Å². The lowest BCUT2D eigenvalue weighted by molar-refractivity contribution is -0.154. The summed E-state index contributed by atoms with van der Waals surface area (Å²) >= 11 is 0. The number of hydrogen-bond donors (Lipinski definition) is 2. The Labute approximate surface area is 171 Å². The molecule has 0 spiro atoms. The number of hydrogen-bond acceptors (Lipinski definition) is 6. The summed E-state index contributed by atoms with van der Waals surface area (Å²) < 4.78 is 10.1. The van der Waals surface area contributed by atoms with Crippen LogP contribution in [0.5, 0.6) is 0 Å². The monoisotopic (exact) mass is 403 g/mol. The highest BCUT2D eigenvalue weighted by molar-refractivity contribution is 5.94. The molecule has 0 bridgehead atoms. The predicted molar refractivity (Wildman–Crippen MR) is 107 cm³/mol. The first-order valence-corrected chi connectivity index (χ1v) is 9.57. The second-order valence-electron chi connectivity index (χ2n) is 8.22. The van der Waals surface area contributed by atoms with Gasteiger partial charge in [-0.25, -0.2) is 4.79 Å². The summed E-state index contributed by atoms with van der Waals surface area (Å²) in [6.07, 6.45) is 0.0597. The van der Waals surface area contributed by atoms with Crippen LogP contribution in [-0.4, -0.2) is 36.2 Å². The molecule has 1 heterocycles. The van der Waals surface area contributed by atoms with E-state index in [2.05, 4.69) is 5.32 Å². The van der Waals surface area contributed by atoms with E-state index in [0.717, 1.165) is 5.56 Å². The molecule has 0 unspecified atom stereocenters. The first-order chi connectivity index (χ1) is 13.6. The molecule has 0 fully saturated rings. The fourth-order valence-electron chi connectivity index (χ4n) is 4.24. The van der Waals surface area contributed by atoms with Gasteiger partial charge in [0.2, 0.25) is 0 Å². The molecule has 158 valence electrons. The van der Waals surface area contributed by atoms with Gasteiger partial charge in [0.05, 0.1) is 7.11 Å². The van der Waals surface area contributed by atoms with Gasteiger partial charge in [0.15, 0.2) is 0 Å². The largest absolute Gasteiger partial charge is 0.481 e. The Hall–Kier alpha value is -2.83. The molecule has 2 atom stereocenters. The van der Waals surface area contributed by atoms with Gasteiger partial charge < -0.3 is 19.9 Å². The standard InChI is InChI=1S/C22H29NO6/c1-14-22(20(26)27,21(2,3)4)16(11-12-17(24)28-5)18(23-14)19(25)29-13-15-9-7-6-8-10-15/h6-10,14,23H,11-13H2,1-5H3,(H,26,27)/t14-,22+/m1/s1. The number of methoxy groups -OCH3 is 1. The normalized spacial score (nSPS) is 21.5. The maximum atomic E-state index is 12.9. The van der Waals surface area contributed by atoms with E-state index in [0.29, 0.717) is 5.57 Å². The summed E-state index contributed by atoms with van der Waals surface area (Å²) in [5.41, 5.74) is -0.785. The maximum absolute atomic E-state index is 12.9. The molecule has 0 saturated carbocycles. The molecule has 1 aliphatic heterocycles. The van der Waals surface area contributed by atoms with E-state index in [-0.39, 0.29) is 25.1 Å². The lowest BCUT2D eigenvalue weighted by Crippen LogP contribution is -2.52. The smallest absolute Gasteiger partial charge is 0.354 e. The van der Waals surface area contributed by atoms with Crippen LogP contribution in [-0.2, 0) is 30.5 Å². The minimum absolute atomic E-state index is 0.0270. The van der Waals surface area contributed by atoms with Gasteiger partial charge in [0, 0.05) is 12.5 Å². The Kier molecular flexibility index (Phi) is 6.72. The number of nitrogens with one attached hydrogen (secondary N) is 1. The van der Waals surface area contributed by atoms with E-state index >= 15 is 0 Å². The molecule has 1 aromatic rings. The van der Waals surface area contributed by atoms with E-state index in [1.54, 1.807) is 6.92 Å². The molecule has 29 heavy (non-hydrogen) atoms. The molecule has 2 rings (SSSR count). The van der Waals surface area contributed by atoms with Gasteiger partial charge in [-0.05, 0) is 29.9 Å². The molecular formula is C22H29NO6. The first kappa shape index (κ1) is 22.5. The number of carboxylic acids is 1.